The zero-order chi connectivity index (χ0) is 18.1. The number of carbonyl (C=O) groups excluding carboxylic acids is 2. The summed E-state index contributed by atoms with van der Waals surface area (Å²) in [4.78, 5) is 36.9. The van der Waals surface area contributed by atoms with Gasteiger partial charge in [0.05, 0.1) is 19.6 Å². The summed E-state index contributed by atoms with van der Waals surface area (Å²) < 4.78 is 5.26. The zero-order valence-corrected chi connectivity index (χ0v) is 13.9. The third kappa shape index (κ3) is 6.42. The summed E-state index contributed by atoms with van der Waals surface area (Å²) in [5.41, 5.74) is 0.931. The maximum Gasteiger partial charge on any atom is 0.315 e. The molecule has 8 heteroatoms. The zero-order valence-electron chi connectivity index (χ0n) is 13.9. The van der Waals surface area contributed by atoms with Gasteiger partial charge in [0, 0.05) is 26.1 Å². The van der Waals surface area contributed by atoms with Crippen molar-refractivity contribution in [2.45, 2.75) is 18.9 Å². The molecule has 1 fully saturated rings. The molecule has 0 spiro atoms. The summed E-state index contributed by atoms with van der Waals surface area (Å²) in [6.07, 6.45) is 0.192. The number of carboxylic acids is 1. The number of urea groups is 1. The Morgan fingerprint density at radius 3 is 2.48 bits per heavy atom. The van der Waals surface area contributed by atoms with E-state index >= 15 is 0 Å². The van der Waals surface area contributed by atoms with Gasteiger partial charge in [-0.1, -0.05) is 30.3 Å². The van der Waals surface area contributed by atoms with E-state index in [9.17, 15) is 14.4 Å². The topological polar surface area (TPSA) is 108 Å². The molecule has 1 aromatic rings. The van der Waals surface area contributed by atoms with Crippen molar-refractivity contribution in [3.63, 3.8) is 0 Å². The monoisotopic (exact) mass is 349 g/mol. The Bertz CT molecular complexity index is 587. The highest BCUT2D eigenvalue weighted by molar-refractivity contribution is 5.87. The van der Waals surface area contributed by atoms with Crippen molar-refractivity contribution in [3.8, 4) is 0 Å². The first-order valence-electron chi connectivity index (χ1n) is 8.23. The smallest absolute Gasteiger partial charge is 0.315 e. The van der Waals surface area contributed by atoms with E-state index in [1.165, 1.54) is 0 Å². The van der Waals surface area contributed by atoms with Crippen LogP contribution in [0.25, 0.3) is 0 Å². The largest absolute Gasteiger partial charge is 0.481 e. The molecule has 1 unspecified atom stereocenters. The quantitative estimate of drug-likeness (QED) is 0.653. The van der Waals surface area contributed by atoms with Crippen LogP contribution in [0.1, 0.15) is 12.0 Å². The molecular weight excluding hydrogens is 326 g/mol. The van der Waals surface area contributed by atoms with Crippen molar-refractivity contribution >= 4 is 17.9 Å². The lowest BCUT2D eigenvalue weighted by molar-refractivity contribution is -0.138. The fourth-order valence-corrected chi connectivity index (χ4v) is 2.55. The van der Waals surface area contributed by atoms with Gasteiger partial charge < -0.3 is 25.4 Å². The molecule has 0 radical (unpaired) electrons. The van der Waals surface area contributed by atoms with E-state index in [4.69, 9.17) is 9.84 Å². The van der Waals surface area contributed by atoms with E-state index in [0.717, 1.165) is 5.56 Å². The molecule has 1 aliphatic heterocycles. The Balaban J connectivity index is 1.99. The third-order valence-electron chi connectivity index (χ3n) is 3.83. The predicted molar refractivity (Wildman–Crippen MR) is 90.1 cm³/mol. The summed E-state index contributed by atoms with van der Waals surface area (Å²) in [5, 5.41) is 13.7. The van der Waals surface area contributed by atoms with Crippen LogP contribution < -0.4 is 10.6 Å². The molecule has 1 aromatic carbocycles. The van der Waals surface area contributed by atoms with Gasteiger partial charge in [0.2, 0.25) is 5.91 Å². The van der Waals surface area contributed by atoms with Crippen molar-refractivity contribution in [3.05, 3.63) is 35.9 Å². The second kappa shape index (κ2) is 9.63. The average molecular weight is 349 g/mol. The lowest BCUT2D eigenvalue weighted by Gasteiger charge is -2.30. The molecule has 0 bridgehead atoms. The molecule has 3 amide bonds. The van der Waals surface area contributed by atoms with Crippen LogP contribution in [0.5, 0.6) is 0 Å². The summed E-state index contributed by atoms with van der Waals surface area (Å²) in [5.74, 6) is -1.16. The number of aliphatic carboxylic acids is 1. The Kier molecular flexibility index (Phi) is 7.21. The number of rotatable bonds is 7. The van der Waals surface area contributed by atoms with E-state index in [0.29, 0.717) is 32.7 Å². The van der Waals surface area contributed by atoms with E-state index in [2.05, 4.69) is 10.6 Å². The fraction of sp³-hybridized carbons (Fsp3) is 0.471. The molecule has 0 saturated carbocycles. The molecule has 1 saturated heterocycles. The van der Waals surface area contributed by atoms with Gasteiger partial charge >= 0.3 is 12.0 Å². The molecule has 0 aliphatic carbocycles. The maximum absolute atomic E-state index is 12.8. The summed E-state index contributed by atoms with van der Waals surface area (Å²) in [6.45, 7) is 1.95. The van der Waals surface area contributed by atoms with Gasteiger partial charge in [-0.15, -0.1) is 0 Å². The molecule has 8 nitrogen and oxygen atoms in total. The summed E-state index contributed by atoms with van der Waals surface area (Å²) in [6, 6.07) is 8.15. The van der Waals surface area contributed by atoms with Gasteiger partial charge in [-0.25, -0.2) is 4.79 Å². The second-order valence-electron chi connectivity index (χ2n) is 5.72. The number of nitrogens with zero attached hydrogens (tertiary/aromatic N) is 1. The summed E-state index contributed by atoms with van der Waals surface area (Å²) in [7, 11) is 0. The maximum atomic E-state index is 12.8. The molecule has 1 aliphatic rings. The second-order valence-corrected chi connectivity index (χ2v) is 5.72. The van der Waals surface area contributed by atoms with E-state index in [-0.39, 0.29) is 18.9 Å². The van der Waals surface area contributed by atoms with Gasteiger partial charge in [-0.2, -0.15) is 0 Å². The van der Waals surface area contributed by atoms with Crippen LogP contribution in [-0.4, -0.2) is 66.8 Å². The number of hydrogen-bond donors (Lipinski definition) is 3. The van der Waals surface area contributed by atoms with Crippen molar-refractivity contribution in [1.82, 2.24) is 15.5 Å². The number of carbonyl (C=O) groups is 3. The molecule has 1 atom stereocenters. The van der Waals surface area contributed by atoms with Gasteiger partial charge in [0.1, 0.15) is 6.04 Å². The van der Waals surface area contributed by atoms with Gasteiger partial charge in [0.15, 0.2) is 0 Å². The highest BCUT2D eigenvalue weighted by atomic mass is 16.5. The van der Waals surface area contributed by atoms with Crippen LogP contribution in [0.2, 0.25) is 0 Å². The number of ether oxygens (including phenoxy) is 1. The number of carboxylic acid groups (broad SMARTS) is 1. The fourth-order valence-electron chi connectivity index (χ4n) is 2.55. The SMILES string of the molecule is O=C(O)CCNC(=O)NC(Cc1ccccc1)C(=O)N1CCOCC1. The normalized spacial score (nSPS) is 15.3. The Morgan fingerprint density at radius 1 is 1.16 bits per heavy atom. The first kappa shape index (κ1) is 18.7. The van der Waals surface area contributed by atoms with Crippen molar-refractivity contribution < 1.29 is 24.2 Å². The van der Waals surface area contributed by atoms with Crippen LogP contribution >= 0.6 is 0 Å². The molecule has 2 rings (SSSR count). The van der Waals surface area contributed by atoms with Gasteiger partial charge in [-0.3, -0.25) is 9.59 Å². The lowest BCUT2D eigenvalue weighted by Crippen LogP contribution is -2.54. The minimum Gasteiger partial charge on any atom is -0.481 e. The lowest BCUT2D eigenvalue weighted by atomic mass is 10.0. The first-order valence-corrected chi connectivity index (χ1v) is 8.23. The van der Waals surface area contributed by atoms with Crippen LogP contribution in [0.3, 0.4) is 0 Å². The van der Waals surface area contributed by atoms with Crippen molar-refractivity contribution in [2.24, 2.45) is 0 Å². The Hall–Kier alpha value is -2.61. The summed E-state index contributed by atoms with van der Waals surface area (Å²) >= 11 is 0. The predicted octanol–water partition coefficient (Wildman–Crippen LogP) is 0.230. The first-order chi connectivity index (χ1) is 12.1. The Labute approximate surface area is 146 Å². The number of morpholine rings is 1. The molecular formula is C17H23N3O5. The van der Waals surface area contributed by atoms with E-state index < -0.39 is 18.0 Å². The highest BCUT2D eigenvalue weighted by Gasteiger charge is 2.27. The van der Waals surface area contributed by atoms with Crippen LogP contribution in [0.4, 0.5) is 4.79 Å². The van der Waals surface area contributed by atoms with Crippen LogP contribution in [-0.2, 0) is 20.7 Å². The van der Waals surface area contributed by atoms with E-state index in [1.807, 2.05) is 30.3 Å². The average Bonchev–Trinajstić information content (AvgIpc) is 2.62. The molecule has 1 heterocycles. The molecule has 136 valence electrons. The minimum atomic E-state index is -0.995. The standard InChI is InChI=1S/C17H23N3O5/c21-15(22)6-7-18-17(24)19-14(12-13-4-2-1-3-5-13)16(23)20-8-10-25-11-9-20/h1-5,14H,6-12H2,(H,21,22)(H2,18,19,24). The van der Waals surface area contributed by atoms with E-state index in [1.54, 1.807) is 4.90 Å². The number of amides is 3. The van der Waals surface area contributed by atoms with Crippen molar-refractivity contribution in [2.75, 3.05) is 32.8 Å². The molecule has 25 heavy (non-hydrogen) atoms. The van der Waals surface area contributed by atoms with Crippen LogP contribution in [0.15, 0.2) is 30.3 Å². The van der Waals surface area contributed by atoms with Gasteiger partial charge in [-0.05, 0) is 5.56 Å². The highest BCUT2D eigenvalue weighted by Crippen LogP contribution is 2.08. The van der Waals surface area contributed by atoms with Gasteiger partial charge in [0.25, 0.3) is 0 Å². The third-order valence-corrected chi connectivity index (χ3v) is 3.83. The number of nitrogens with one attached hydrogen (secondary N) is 2. The van der Waals surface area contributed by atoms with Crippen molar-refractivity contribution in [1.29, 1.82) is 0 Å². The van der Waals surface area contributed by atoms with Crippen LogP contribution in [0, 0.1) is 0 Å². The molecule has 0 aromatic heterocycles. The Morgan fingerprint density at radius 2 is 1.84 bits per heavy atom. The number of hydrogen-bond acceptors (Lipinski definition) is 4. The minimum absolute atomic E-state index is 0.00493. The number of benzene rings is 1. The molecule has 3 N–H and O–H groups in total.